The second-order valence-electron chi connectivity index (χ2n) is 4.86. The van der Waals surface area contributed by atoms with Gasteiger partial charge in [-0.3, -0.25) is 4.98 Å². The smallest absolute Gasteiger partial charge is 0.159 e. The molecule has 0 spiro atoms. The van der Waals surface area contributed by atoms with Crippen LogP contribution in [-0.4, -0.2) is 4.98 Å². The van der Waals surface area contributed by atoms with E-state index in [1.54, 1.807) is 6.07 Å². The summed E-state index contributed by atoms with van der Waals surface area (Å²) in [5, 5.41) is 1.57. The summed E-state index contributed by atoms with van der Waals surface area (Å²) in [6.07, 6.45) is 1.20. The summed E-state index contributed by atoms with van der Waals surface area (Å²) < 4.78 is 26.1. The van der Waals surface area contributed by atoms with E-state index in [1.807, 2.05) is 30.3 Å². The summed E-state index contributed by atoms with van der Waals surface area (Å²) in [5.74, 6) is -1.65. The molecule has 0 aliphatic carbocycles. The van der Waals surface area contributed by atoms with E-state index in [9.17, 15) is 8.78 Å². The van der Waals surface area contributed by atoms with E-state index < -0.39 is 11.6 Å². The predicted molar refractivity (Wildman–Crippen MR) is 80.5 cm³/mol. The Balaban J connectivity index is 1.83. The third kappa shape index (κ3) is 3.03. The third-order valence-electron chi connectivity index (χ3n) is 3.37. The van der Waals surface area contributed by atoms with E-state index in [0.29, 0.717) is 17.9 Å². The highest BCUT2D eigenvalue weighted by atomic mass is 35.5. The van der Waals surface area contributed by atoms with Gasteiger partial charge in [0.15, 0.2) is 11.6 Å². The number of hydrogen-bond acceptors (Lipinski definition) is 1. The lowest BCUT2D eigenvalue weighted by atomic mass is 10.1. The molecule has 1 nitrogen and oxygen atoms in total. The molecule has 0 amide bonds. The van der Waals surface area contributed by atoms with Crippen LogP contribution in [0.4, 0.5) is 8.78 Å². The van der Waals surface area contributed by atoms with Crippen molar-refractivity contribution < 1.29 is 8.78 Å². The topological polar surface area (TPSA) is 12.9 Å². The Hall–Kier alpha value is -2.00. The van der Waals surface area contributed by atoms with Gasteiger partial charge >= 0.3 is 0 Å². The maximum Gasteiger partial charge on any atom is 0.159 e. The highest BCUT2D eigenvalue weighted by Gasteiger charge is 2.06. The van der Waals surface area contributed by atoms with Crippen molar-refractivity contribution >= 4 is 22.5 Å². The fraction of sp³-hybridized carbons (Fsp3) is 0.118. The van der Waals surface area contributed by atoms with Crippen molar-refractivity contribution in [1.29, 1.82) is 0 Å². The molecule has 0 aliphatic heterocycles. The average molecular weight is 304 g/mol. The number of aryl methyl sites for hydroxylation is 2. The van der Waals surface area contributed by atoms with Gasteiger partial charge in [-0.15, -0.1) is 0 Å². The van der Waals surface area contributed by atoms with Gasteiger partial charge in [0.2, 0.25) is 0 Å². The van der Waals surface area contributed by atoms with E-state index in [-0.39, 0.29) is 0 Å². The molecule has 0 N–H and O–H groups in total. The molecule has 21 heavy (non-hydrogen) atoms. The zero-order chi connectivity index (χ0) is 14.8. The first kappa shape index (κ1) is 14.0. The number of para-hydroxylation sites is 1. The van der Waals surface area contributed by atoms with E-state index >= 15 is 0 Å². The van der Waals surface area contributed by atoms with Crippen LogP contribution in [0.2, 0.25) is 5.02 Å². The summed E-state index contributed by atoms with van der Waals surface area (Å²) in [7, 11) is 0. The van der Waals surface area contributed by atoms with Crippen molar-refractivity contribution in [3.63, 3.8) is 0 Å². The number of aromatic nitrogens is 1. The Morgan fingerprint density at radius 1 is 0.905 bits per heavy atom. The summed E-state index contributed by atoms with van der Waals surface area (Å²) >= 11 is 6.24. The second kappa shape index (κ2) is 5.78. The standard InChI is InChI=1S/C17H12ClF2N/c18-14-10-12(21-17-4-2-1-3-13(14)17)7-5-11-6-8-15(19)16(20)9-11/h1-4,6,8-10H,5,7H2. The number of hydrogen-bond donors (Lipinski definition) is 0. The molecule has 0 fully saturated rings. The number of rotatable bonds is 3. The van der Waals surface area contributed by atoms with Crippen molar-refractivity contribution in [2.45, 2.75) is 12.8 Å². The normalized spacial score (nSPS) is 11.0. The summed E-state index contributed by atoms with van der Waals surface area (Å²) in [6.45, 7) is 0. The molecule has 3 aromatic rings. The second-order valence-corrected chi connectivity index (χ2v) is 5.27. The summed E-state index contributed by atoms with van der Waals surface area (Å²) in [5.41, 5.74) is 2.41. The number of fused-ring (bicyclic) bond motifs is 1. The fourth-order valence-electron chi connectivity index (χ4n) is 2.28. The van der Waals surface area contributed by atoms with Crippen molar-refractivity contribution in [2.75, 3.05) is 0 Å². The molecule has 2 aromatic carbocycles. The Kier molecular flexibility index (Phi) is 3.84. The Labute approximate surface area is 126 Å². The van der Waals surface area contributed by atoms with Crippen molar-refractivity contribution in [3.8, 4) is 0 Å². The molecule has 0 saturated carbocycles. The molecule has 0 saturated heterocycles. The third-order valence-corrected chi connectivity index (χ3v) is 3.69. The van der Waals surface area contributed by atoms with Crippen LogP contribution >= 0.6 is 11.6 Å². The zero-order valence-corrected chi connectivity index (χ0v) is 11.9. The minimum absolute atomic E-state index is 0.582. The molecule has 0 radical (unpaired) electrons. The fourth-order valence-corrected chi connectivity index (χ4v) is 2.57. The zero-order valence-electron chi connectivity index (χ0n) is 11.1. The minimum Gasteiger partial charge on any atom is -0.253 e. The van der Waals surface area contributed by atoms with Crippen LogP contribution in [0.3, 0.4) is 0 Å². The number of benzene rings is 2. The van der Waals surface area contributed by atoms with Gasteiger partial charge in [-0.1, -0.05) is 35.9 Å². The van der Waals surface area contributed by atoms with Crippen LogP contribution in [-0.2, 0) is 12.8 Å². The highest BCUT2D eigenvalue weighted by molar-refractivity contribution is 6.35. The molecule has 0 bridgehead atoms. The van der Waals surface area contributed by atoms with Crippen LogP contribution in [0.25, 0.3) is 10.9 Å². The average Bonchev–Trinajstić information content (AvgIpc) is 2.49. The van der Waals surface area contributed by atoms with Gasteiger partial charge in [0.05, 0.1) is 10.5 Å². The van der Waals surface area contributed by atoms with Crippen molar-refractivity contribution in [2.24, 2.45) is 0 Å². The molecular weight excluding hydrogens is 292 g/mol. The molecule has 0 unspecified atom stereocenters. The predicted octanol–water partition coefficient (Wildman–Crippen LogP) is 4.95. The van der Waals surface area contributed by atoms with Crippen LogP contribution < -0.4 is 0 Å². The van der Waals surface area contributed by atoms with Crippen LogP contribution in [0.15, 0.2) is 48.5 Å². The summed E-state index contributed by atoms with van der Waals surface area (Å²) in [4.78, 5) is 4.54. The monoisotopic (exact) mass is 303 g/mol. The molecule has 0 aliphatic rings. The maximum atomic E-state index is 13.2. The lowest BCUT2D eigenvalue weighted by molar-refractivity contribution is 0.507. The molecule has 0 atom stereocenters. The van der Waals surface area contributed by atoms with Gasteiger partial charge in [0, 0.05) is 11.1 Å². The number of pyridine rings is 1. The van der Waals surface area contributed by atoms with Gasteiger partial charge in [-0.05, 0) is 42.7 Å². The summed E-state index contributed by atoms with van der Waals surface area (Å²) in [6, 6.07) is 13.4. The largest absolute Gasteiger partial charge is 0.253 e. The van der Waals surface area contributed by atoms with Crippen LogP contribution in [0, 0.1) is 11.6 Å². The Morgan fingerprint density at radius 3 is 2.52 bits per heavy atom. The molecule has 1 aromatic heterocycles. The van der Waals surface area contributed by atoms with Crippen molar-refractivity contribution in [1.82, 2.24) is 4.98 Å². The van der Waals surface area contributed by atoms with Gasteiger partial charge < -0.3 is 0 Å². The molecular formula is C17H12ClF2N. The van der Waals surface area contributed by atoms with Crippen LogP contribution in [0.5, 0.6) is 0 Å². The molecule has 106 valence electrons. The first-order chi connectivity index (χ1) is 10.1. The van der Waals surface area contributed by atoms with E-state index in [2.05, 4.69) is 4.98 Å². The first-order valence-corrected chi connectivity index (χ1v) is 6.99. The quantitative estimate of drug-likeness (QED) is 0.667. The van der Waals surface area contributed by atoms with E-state index in [0.717, 1.165) is 28.2 Å². The minimum atomic E-state index is -0.828. The van der Waals surface area contributed by atoms with Crippen molar-refractivity contribution in [3.05, 3.63) is 76.4 Å². The van der Waals surface area contributed by atoms with Gasteiger partial charge in [-0.2, -0.15) is 0 Å². The van der Waals surface area contributed by atoms with Gasteiger partial charge in [0.1, 0.15) is 0 Å². The van der Waals surface area contributed by atoms with Gasteiger partial charge in [-0.25, -0.2) is 8.78 Å². The highest BCUT2D eigenvalue weighted by Crippen LogP contribution is 2.23. The van der Waals surface area contributed by atoms with E-state index in [4.69, 9.17) is 11.6 Å². The lowest BCUT2D eigenvalue weighted by Gasteiger charge is -2.06. The lowest BCUT2D eigenvalue weighted by Crippen LogP contribution is -1.97. The molecule has 3 rings (SSSR count). The first-order valence-electron chi connectivity index (χ1n) is 6.61. The van der Waals surface area contributed by atoms with E-state index in [1.165, 1.54) is 6.07 Å². The number of halogens is 3. The van der Waals surface area contributed by atoms with Gasteiger partial charge in [0.25, 0.3) is 0 Å². The SMILES string of the molecule is Fc1ccc(CCc2cc(Cl)c3ccccc3n2)cc1F. The maximum absolute atomic E-state index is 13.2. The molecule has 1 heterocycles. The Morgan fingerprint density at radius 2 is 1.71 bits per heavy atom. The number of nitrogens with zero attached hydrogens (tertiary/aromatic N) is 1. The Bertz CT molecular complexity index is 802. The molecule has 4 heteroatoms. The van der Waals surface area contributed by atoms with Crippen LogP contribution in [0.1, 0.15) is 11.3 Å².